The highest BCUT2D eigenvalue weighted by molar-refractivity contribution is 5.72. The molecule has 1 aromatic rings. The minimum absolute atomic E-state index is 0.0869. The maximum Gasteiger partial charge on any atom is 0.335 e. The molecule has 4 atom stereocenters. The number of hydrogen-bond donors (Lipinski definition) is 2. The maximum atomic E-state index is 15.3. The van der Waals surface area contributed by atoms with Crippen LogP contribution in [-0.4, -0.2) is 81.5 Å². The number of carbonyl (C=O) groups is 2. The summed E-state index contributed by atoms with van der Waals surface area (Å²) in [6.45, 7) is -1.78. The number of carbonyl (C=O) groups excluding carboxylic acids is 2. The van der Waals surface area contributed by atoms with Crippen LogP contribution in [0.3, 0.4) is 0 Å². The molecule has 1 aliphatic carbocycles. The summed E-state index contributed by atoms with van der Waals surface area (Å²) in [5, 5.41) is 20.6. The monoisotopic (exact) mass is 487 g/mol. The highest BCUT2D eigenvalue weighted by Gasteiger charge is 2.57. The van der Waals surface area contributed by atoms with E-state index in [2.05, 4.69) is 0 Å². The van der Waals surface area contributed by atoms with Gasteiger partial charge >= 0.3 is 17.6 Å². The number of rotatable bonds is 8. The van der Waals surface area contributed by atoms with Crippen molar-refractivity contribution in [2.75, 3.05) is 27.2 Å². The molecule has 0 unspecified atom stereocenters. The number of esters is 2. The summed E-state index contributed by atoms with van der Waals surface area (Å²) in [4.78, 5) is 50.4. The van der Waals surface area contributed by atoms with Gasteiger partial charge in [0.05, 0.1) is 12.5 Å². The summed E-state index contributed by atoms with van der Waals surface area (Å²) >= 11 is 0. The number of alkyl halides is 1. The number of ether oxygens (including phenoxy) is 3. The summed E-state index contributed by atoms with van der Waals surface area (Å²) in [6.07, 6.45) is -0.828. The molecule has 2 fully saturated rings. The molecule has 3 rings (SSSR count). The number of nitrogens with zero attached hydrogens (tertiary/aromatic N) is 3. The van der Waals surface area contributed by atoms with Gasteiger partial charge in [0.1, 0.15) is 12.2 Å². The molecule has 0 radical (unpaired) electrons. The predicted molar refractivity (Wildman–Crippen MR) is 113 cm³/mol. The Morgan fingerprint density at radius 1 is 1.21 bits per heavy atom. The van der Waals surface area contributed by atoms with Crippen molar-refractivity contribution in [1.82, 2.24) is 14.0 Å². The third kappa shape index (κ3) is 5.71. The van der Waals surface area contributed by atoms with E-state index in [1.54, 1.807) is 14.1 Å². The van der Waals surface area contributed by atoms with E-state index in [-0.39, 0.29) is 12.5 Å². The third-order valence-corrected chi connectivity index (χ3v) is 5.89. The summed E-state index contributed by atoms with van der Waals surface area (Å²) in [6, 6.07) is 0.935. The number of halogens is 1. The van der Waals surface area contributed by atoms with E-state index in [0.717, 1.165) is 31.5 Å². The topological polar surface area (TPSA) is 150 Å². The number of aliphatic hydroxyl groups excluding tert-OH is 2. The van der Waals surface area contributed by atoms with Crippen LogP contribution >= 0.6 is 0 Å². The summed E-state index contributed by atoms with van der Waals surface area (Å²) in [7, 11) is 3.26. The molecule has 0 amide bonds. The Balaban J connectivity index is 1.73. The lowest BCUT2D eigenvalue weighted by molar-refractivity contribution is -0.218. The van der Waals surface area contributed by atoms with Crippen molar-refractivity contribution in [3.8, 4) is 0 Å². The van der Waals surface area contributed by atoms with Crippen LogP contribution in [0.4, 0.5) is 4.39 Å². The summed E-state index contributed by atoms with van der Waals surface area (Å²) < 4.78 is 31.7. The molecule has 0 spiro atoms. The second-order valence-corrected chi connectivity index (χ2v) is 8.83. The fourth-order valence-corrected chi connectivity index (χ4v) is 4.00. The van der Waals surface area contributed by atoms with E-state index in [0.29, 0.717) is 22.0 Å². The SMILES string of the molecule is CN(C)CC(=O)OCn1c(=O)ccn([C@@H]2O[C@](F)(COC(=O)C3CCCCC3)[C@@H](O)[C@H]2O)c1=O. The van der Waals surface area contributed by atoms with Crippen molar-refractivity contribution in [2.45, 2.75) is 63.1 Å². The average Bonchev–Trinajstić information content (AvgIpc) is 3.02. The molecule has 0 bridgehead atoms. The summed E-state index contributed by atoms with van der Waals surface area (Å²) in [5.41, 5.74) is -1.87. The Bertz CT molecular complexity index is 1000. The summed E-state index contributed by atoms with van der Waals surface area (Å²) in [5.74, 6) is -4.65. The quantitative estimate of drug-likeness (QED) is 0.442. The fourth-order valence-electron chi connectivity index (χ4n) is 4.00. The number of likely N-dealkylation sites (N-methyl/N-ethyl adjacent to an activating group) is 1. The third-order valence-electron chi connectivity index (χ3n) is 5.89. The first-order chi connectivity index (χ1) is 16.0. The van der Waals surface area contributed by atoms with E-state index in [1.165, 1.54) is 4.90 Å². The number of aliphatic hydroxyl groups is 2. The molecule has 190 valence electrons. The number of aromatic nitrogens is 2. The van der Waals surface area contributed by atoms with Crippen molar-refractivity contribution >= 4 is 11.9 Å². The maximum absolute atomic E-state index is 15.3. The van der Waals surface area contributed by atoms with Crippen LogP contribution in [-0.2, 0) is 30.5 Å². The van der Waals surface area contributed by atoms with Gasteiger partial charge in [-0.3, -0.25) is 23.9 Å². The lowest BCUT2D eigenvalue weighted by Crippen LogP contribution is -2.44. The zero-order chi connectivity index (χ0) is 25.0. The van der Waals surface area contributed by atoms with E-state index in [4.69, 9.17) is 14.2 Å². The van der Waals surface area contributed by atoms with E-state index in [9.17, 15) is 29.4 Å². The first-order valence-corrected chi connectivity index (χ1v) is 11.1. The van der Waals surface area contributed by atoms with Crippen LogP contribution < -0.4 is 11.2 Å². The average molecular weight is 487 g/mol. The van der Waals surface area contributed by atoms with Crippen molar-refractivity contribution in [2.24, 2.45) is 5.92 Å². The molecule has 13 heteroatoms. The molecule has 1 aromatic heterocycles. The standard InChI is InChI=1S/C21H30FN3O9/c1-23(2)10-15(27)33-12-25-14(26)8-9-24(20(25)31)18-16(28)17(29)21(22,34-18)11-32-19(30)13-6-4-3-5-7-13/h8-9,13,16-18,28-29H,3-7,10-12H2,1-2H3/t16-,17+,18-,21-/m1/s1. The van der Waals surface area contributed by atoms with Crippen LogP contribution in [0.25, 0.3) is 0 Å². The smallest absolute Gasteiger partial charge is 0.335 e. The van der Waals surface area contributed by atoms with Gasteiger partial charge in [-0.15, -0.1) is 0 Å². The second-order valence-electron chi connectivity index (χ2n) is 8.83. The lowest BCUT2D eigenvalue weighted by atomic mass is 9.89. The predicted octanol–water partition coefficient (Wildman–Crippen LogP) is -0.888. The van der Waals surface area contributed by atoms with Crippen molar-refractivity contribution in [3.63, 3.8) is 0 Å². The molecule has 2 N–H and O–H groups in total. The Kier molecular flexibility index (Phi) is 8.23. The van der Waals surface area contributed by atoms with E-state index < -0.39 is 60.8 Å². The van der Waals surface area contributed by atoms with E-state index >= 15 is 4.39 Å². The molecule has 2 heterocycles. The first-order valence-electron chi connectivity index (χ1n) is 11.1. The van der Waals surface area contributed by atoms with Gasteiger partial charge in [0.15, 0.2) is 19.6 Å². The molecular weight excluding hydrogens is 457 g/mol. The van der Waals surface area contributed by atoms with Gasteiger partial charge in [-0.05, 0) is 26.9 Å². The van der Waals surface area contributed by atoms with Crippen LogP contribution in [0.1, 0.15) is 38.3 Å². The molecule has 0 aromatic carbocycles. The molecule has 1 saturated carbocycles. The second kappa shape index (κ2) is 10.8. The first kappa shape index (κ1) is 26.0. The Hall–Kier alpha value is -2.61. The Morgan fingerprint density at radius 3 is 2.53 bits per heavy atom. The molecule has 2 aliphatic rings. The number of hydrogen-bond acceptors (Lipinski definition) is 10. The minimum Gasteiger partial charge on any atom is -0.459 e. The molecule has 1 aliphatic heterocycles. The zero-order valence-electron chi connectivity index (χ0n) is 19.1. The van der Waals surface area contributed by atoms with Crippen molar-refractivity contribution in [3.05, 3.63) is 33.1 Å². The van der Waals surface area contributed by atoms with Crippen molar-refractivity contribution in [1.29, 1.82) is 0 Å². The normalized spacial score (nSPS) is 27.6. The van der Waals surface area contributed by atoms with Crippen LogP contribution in [0.5, 0.6) is 0 Å². The fraction of sp³-hybridized carbons (Fsp3) is 0.714. The van der Waals surface area contributed by atoms with Gasteiger partial charge < -0.3 is 24.4 Å². The largest absolute Gasteiger partial charge is 0.459 e. The lowest BCUT2D eigenvalue weighted by Gasteiger charge is -2.25. The van der Waals surface area contributed by atoms with Crippen molar-refractivity contribution < 1.29 is 38.4 Å². The minimum atomic E-state index is -2.98. The van der Waals surface area contributed by atoms with Gasteiger partial charge in [-0.2, -0.15) is 0 Å². The van der Waals surface area contributed by atoms with Gasteiger partial charge in [-0.1, -0.05) is 19.3 Å². The highest BCUT2D eigenvalue weighted by Crippen LogP contribution is 2.38. The zero-order valence-corrected chi connectivity index (χ0v) is 19.1. The molecular formula is C21H30FN3O9. The van der Waals surface area contributed by atoms with Crippen LogP contribution in [0.15, 0.2) is 21.9 Å². The van der Waals surface area contributed by atoms with Crippen LogP contribution in [0, 0.1) is 5.92 Å². The molecule has 34 heavy (non-hydrogen) atoms. The molecule has 12 nitrogen and oxygen atoms in total. The van der Waals surface area contributed by atoms with E-state index in [1.807, 2.05) is 0 Å². The van der Waals surface area contributed by atoms with Crippen LogP contribution in [0.2, 0.25) is 0 Å². The van der Waals surface area contributed by atoms with Gasteiger partial charge in [0.25, 0.3) is 11.4 Å². The Morgan fingerprint density at radius 2 is 1.88 bits per heavy atom. The molecule has 1 saturated heterocycles. The van der Waals surface area contributed by atoms with Gasteiger partial charge in [0.2, 0.25) is 0 Å². The van der Waals surface area contributed by atoms with Gasteiger partial charge in [0, 0.05) is 12.3 Å². The Labute approximate surface area is 194 Å². The van der Waals surface area contributed by atoms with Gasteiger partial charge in [-0.25, -0.2) is 13.8 Å². The highest BCUT2D eigenvalue weighted by atomic mass is 19.2.